The molecule has 0 aliphatic rings. The first-order chi connectivity index (χ1) is 16.9. The molecule has 0 aromatic rings. The van der Waals surface area contributed by atoms with Gasteiger partial charge >= 0.3 is 0 Å². The third-order valence-corrected chi connectivity index (χ3v) is 8.68. The number of hydrogen-bond acceptors (Lipinski definition) is 6. The molecule has 0 radical (unpaired) electrons. The molecule has 0 amide bonds. The van der Waals surface area contributed by atoms with E-state index in [2.05, 4.69) is 0 Å². The normalized spacial score (nSPS) is 19.3. The van der Waals surface area contributed by atoms with Crippen LogP contribution in [-0.4, -0.2) is 65.3 Å². The zero-order valence-corrected chi connectivity index (χ0v) is 24.6. The third kappa shape index (κ3) is 7.66. The average Bonchev–Trinajstić information content (AvgIpc) is 2.88. The van der Waals surface area contributed by atoms with Gasteiger partial charge in [0.2, 0.25) is 0 Å². The maximum absolute atomic E-state index is 12.8. The Morgan fingerprint density at radius 3 is 0.917 bits per heavy atom. The molecule has 0 aliphatic carbocycles. The van der Waals surface area contributed by atoms with Gasteiger partial charge in [-0.25, -0.2) is 0 Å². The van der Waals surface area contributed by atoms with Crippen LogP contribution in [0.15, 0.2) is 0 Å². The topological polar surface area (TPSA) is 121 Å². The number of unbranched alkanes of at least 4 members (excludes halogenated alkanes) is 6. The Kier molecular flexibility index (Phi) is 16.6. The van der Waals surface area contributed by atoms with Gasteiger partial charge in [0.15, 0.2) is 0 Å². The van der Waals surface area contributed by atoms with E-state index in [-0.39, 0.29) is 25.7 Å². The van der Waals surface area contributed by atoms with Crippen LogP contribution in [0.25, 0.3) is 0 Å². The highest BCUT2D eigenvalue weighted by atomic mass is 16.4. The number of hydrogen-bond donors (Lipinski definition) is 6. The highest BCUT2D eigenvalue weighted by Gasteiger charge is 2.72. The fourth-order valence-corrected chi connectivity index (χ4v) is 6.07. The Bertz CT molecular complexity index is 564. The lowest BCUT2D eigenvalue weighted by atomic mass is 9.53. The van der Waals surface area contributed by atoms with Gasteiger partial charge in [-0.3, -0.25) is 0 Å². The second-order valence-corrected chi connectivity index (χ2v) is 11.4. The van der Waals surface area contributed by atoms with Gasteiger partial charge in [-0.15, -0.1) is 0 Å². The van der Waals surface area contributed by atoms with E-state index in [1.807, 2.05) is 41.5 Å². The Hall–Kier alpha value is -0.240. The van der Waals surface area contributed by atoms with Crippen molar-refractivity contribution >= 4 is 0 Å². The van der Waals surface area contributed by atoms with Crippen molar-refractivity contribution in [3.05, 3.63) is 0 Å². The summed E-state index contributed by atoms with van der Waals surface area (Å²) in [5.74, 6) is 0. The molecule has 6 heteroatoms. The van der Waals surface area contributed by atoms with Crippen LogP contribution in [0, 0.1) is 0 Å². The fourth-order valence-electron chi connectivity index (χ4n) is 6.07. The monoisotopic (exact) mass is 518 g/mol. The molecule has 0 heterocycles. The molecule has 0 aromatic heterocycles. The lowest BCUT2D eigenvalue weighted by Gasteiger charge is -2.62. The van der Waals surface area contributed by atoms with E-state index >= 15 is 0 Å². The fraction of sp³-hybridized carbons (Fsp3) is 1.00. The van der Waals surface area contributed by atoms with Crippen molar-refractivity contribution in [2.45, 2.75) is 185 Å². The van der Waals surface area contributed by atoms with E-state index in [1.165, 1.54) is 0 Å². The lowest BCUT2D eigenvalue weighted by Crippen LogP contribution is -2.81. The largest absolute Gasteiger partial charge is 0.393 e. The molecule has 6 nitrogen and oxygen atoms in total. The Morgan fingerprint density at radius 1 is 0.361 bits per heavy atom. The minimum absolute atomic E-state index is 0.0244. The lowest BCUT2D eigenvalue weighted by molar-refractivity contribution is -0.348. The van der Waals surface area contributed by atoms with Gasteiger partial charge in [0.05, 0.1) is 12.2 Å². The van der Waals surface area contributed by atoms with Gasteiger partial charge in [0, 0.05) is 0 Å². The molecule has 0 saturated heterocycles. The molecular weight excluding hydrogens is 456 g/mol. The van der Waals surface area contributed by atoms with Crippen LogP contribution >= 0.6 is 0 Å². The standard InChI is InChI=1S/C30H62O6/c1-7-13-19-26(32,20-14-8-2)28(34,22-16-10-4)30(36,24-18-12-6)29(35,23-17-11-5)27(33,25-31)21-15-9-3/h31-36H,7-25H2,1-6H3/t27-,28+,29+,30+/m0/s1. The van der Waals surface area contributed by atoms with Crippen LogP contribution in [0.1, 0.15) is 157 Å². The van der Waals surface area contributed by atoms with Crippen LogP contribution in [-0.2, 0) is 0 Å². The van der Waals surface area contributed by atoms with Crippen molar-refractivity contribution < 1.29 is 30.6 Å². The quantitative estimate of drug-likeness (QED) is 0.102. The molecule has 0 bridgehead atoms. The smallest absolute Gasteiger partial charge is 0.128 e. The second kappa shape index (κ2) is 16.7. The minimum atomic E-state index is -2.22. The molecule has 218 valence electrons. The first-order valence-corrected chi connectivity index (χ1v) is 15.2. The summed E-state index contributed by atoms with van der Waals surface area (Å²) in [6.07, 6.45) is 8.89. The summed E-state index contributed by atoms with van der Waals surface area (Å²) >= 11 is 0. The van der Waals surface area contributed by atoms with Crippen molar-refractivity contribution in [1.29, 1.82) is 0 Å². The van der Waals surface area contributed by atoms with Gasteiger partial charge < -0.3 is 30.6 Å². The van der Waals surface area contributed by atoms with Crippen molar-refractivity contribution in [1.82, 2.24) is 0 Å². The van der Waals surface area contributed by atoms with Crippen molar-refractivity contribution in [2.75, 3.05) is 6.61 Å². The Morgan fingerprint density at radius 2 is 0.611 bits per heavy atom. The molecule has 6 N–H and O–H groups in total. The van der Waals surface area contributed by atoms with Crippen molar-refractivity contribution in [2.24, 2.45) is 0 Å². The first kappa shape index (κ1) is 35.8. The molecule has 0 saturated carbocycles. The van der Waals surface area contributed by atoms with Crippen LogP contribution in [0.5, 0.6) is 0 Å². The van der Waals surface area contributed by atoms with Crippen LogP contribution in [0.3, 0.4) is 0 Å². The van der Waals surface area contributed by atoms with Gasteiger partial charge in [0.25, 0.3) is 0 Å². The number of rotatable bonds is 23. The summed E-state index contributed by atoms with van der Waals surface area (Å²) in [6, 6.07) is 0. The molecule has 0 unspecified atom stereocenters. The summed E-state index contributed by atoms with van der Waals surface area (Å²) in [5, 5.41) is 72.8. The summed E-state index contributed by atoms with van der Waals surface area (Å²) in [5.41, 5.74) is -10.1. The van der Waals surface area contributed by atoms with Gasteiger partial charge in [-0.1, -0.05) is 119 Å². The number of aliphatic hydroxyl groups excluding tert-OH is 1. The van der Waals surface area contributed by atoms with Crippen molar-refractivity contribution in [3.8, 4) is 0 Å². The predicted molar refractivity (Wildman–Crippen MR) is 149 cm³/mol. The van der Waals surface area contributed by atoms with Crippen LogP contribution < -0.4 is 0 Å². The Balaban J connectivity index is 7.39. The van der Waals surface area contributed by atoms with Gasteiger partial charge in [0.1, 0.15) is 22.4 Å². The van der Waals surface area contributed by atoms with E-state index in [0.29, 0.717) is 64.2 Å². The SMILES string of the molecule is CCCCC(O)(CCCC)[C@](O)(CCCC)[C@](O)(CCCC)[C@@](O)(CCCC)[C@@](O)(CO)CCCC. The first-order valence-electron chi connectivity index (χ1n) is 15.2. The highest BCUT2D eigenvalue weighted by Crippen LogP contribution is 2.54. The minimum Gasteiger partial charge on any atom is -0.393 e. The van der Waals surface area contributed by atoms with Crippen LogP contribution in [0.4, 0.5) is 0 Å². The van der Waals surface area contributed by atoms with Gasteiger partial charge in [-0.05, 0) is 38.5 Å². The van der Waals surface area contributed by atoms with E-state index in [9.17, 15) is 30.6 Å². The van der Waals surface area contributed by atoms with E-state index in [4.69, 9.17) is 0 Å². The predicted octanol–water partition coefficient (Wildman–Crippen LogP) is 5.78. The van der Waals surface area contributed by atoms with E-state index in [0.717, 1.165) is 25.7 Å². The molecule has 0 fully saturated rings. The van der Waals surface area contributed by atoms with E-state index < -0.39 is 34.6 Å². The second-order valence-electron chi connectivity index (χ2n) is 11.4. The average molecular weight is 519 g/mol. The molecular formula is C30H62O6. The summed E-state index contributed by atoms with van der Waals surface area (Å²) < 4.78 is 0. The number of aliphatic hydroxyl groups is 6. The maximum Gasteiger partial charge on any atom is 0.128 e. The summed E-state index contributed by atoms with van der Waals surface area (Å²) in [7, 11) is 0. The zero-order chi connectivity index (χ0) is 27.9. The molecule has 0 aliphatic heterocycles. The molecule has 36 heavy (non-hydrogen) atoms. The zero-order valence-electron chi connectivity index (χ0n) is 24.6. The highest BCUT2D eigenvalue weighted by molar-refractivity contribution is 5.23. The summed E-state index contributed by atoms with van der Waals surface area (Å²) in [4.78, 5) is 0. The molecule has 0 spiro atoms. The molecule has 4 atom stereocenters. The summed E-state index contributed by atoms with van der Waals surface area (Å²) in [6.45, 7) is 11.2. The van der Waals surface area contributed by atoms with Gasteiger partial charge in [-0.2, -0.15) is 0 Å². The van der Waals surface area contributed by atoms with E-state index in [1.54, 1.807) is 0 Å². The third-order valence-electron chi connectivity index (χ3n) is 8.68. The molecule has 0 aromatic carbocycles. The molecule has 0 rings (SSSR count). The van der Waals surface area contributed by atoms with Crippen LogP contribution in [0.2, 0.25) is 0 Å². The maximum atomic E-state index is 12.8. The Labute approximate surface area is 222 Å². The van der Waals surface area contributed by atoms with Crippen molar-refractivity contribution in [3.63, 3.8) is 0 Å².